The molecule has 0 amide bonds. The monoisotopic (exact) mass is 380 g/mol. The lowest BCUT2D eigenvalue weighted by Crippen LogP contribution is -2.12. The Morgan fingerprint density at radius 2 is 1.44 bits per heavy atom. The van der Waals surface area contributed by atoms with Crippen LogP contribution in [-0.4, -0.2) is 15.3 Å². The third-order valence-corrected chi connectivity index (χ3v) is 5.52. The van der Waals surface area contributed by atoms with Crippen LogP contribution in [0, 0.1) is 6.92 Å². The van der Waals surface area contributed by atoms with Gasteiger partial charge in [0.1, 0.15) is 17.2 Å². The maximum Gasteiger partial charge on any atom is 0.133 e. The summed E-state index contributed by atoms with van der Waals surface area (Å²) in [7, 11) is 0. The van der Waals surface area contributed by atoms with E-state index in [0.29, 0.717) is 11.1 Å². The molecule has 0 bridgehead atoms. The lowest BCUT2D eigenvalue weighted by molar-refractivity contribution is 0.434. The van der Waals surface area contributed by atoms with E-state index in [4.69, 9.17) is 0 Å². The first-order valence-electron chi connectivity index (χ1n) is 8.81. The lowest BCUT2D eigenvalue weighted by atomic mass is 9.85. The molecule has 27 heavy (non-hydrogen) atoms. The number of aryl methyl sites for hydroxylation is 1. The van der Waals surface area contributed by atoms with Gasteiger partial charge in [0.15, 0.2) is 0 Å². The van der Waals surface area contributed by atoms with E-state index in [2.05, 4.69) is 20.8 Å². The molecule has 3 aromatic carbocycles. The summed E-state index contributed by atoms with van der Waals surface area (Å²) in [5, 5.41) is 31.6. The molecule has 0 spiro atoms. The minimum absolute atomic E-state index is 0.0877. The van der Waals surface area contributed by atoms with Crippen molar-refractivity contribution in [2.75, 3.05) is 0 Å². The van der Waals surface area contributed by atoms with Gasteiger partial charge in [-0.15, -0.1) is 0 Å². The fourth-order valence-corrected chi connectivity index (χ4v) is 4.23. The van der Waals surface area contributed by atoms with Crippen LogP contribution in [0.2, 0.25) is 0 Å². The predicted octanol–water partition coefficient (Wildman–Crippen LogP) is 6.23. The molecule has 140 valence electrons. The van der Waals surface area contributed by atoms with Crippen molar-refractivity contribution in [2.24, 2.45) is 0 Å². The normalized spacial score (nSPS) is 11.6. The van der Waals surface area contributed by atoms with E-state index in [9.17, 15) is 15.3 Å². The zero-order chi connectivity index (χ0) is 19.8. The number of para-hydroxylation sites is 1. The molecule has 0 heterocycles. The Hall–Kier alpha value is -2.59. The van der Waals surface area contributed by atoms with Crippen molar-refractivity contribution in [3.63, 3.8) is 0 Å². The van der Waals surface area contributed by atoms with Crippen molar-refractivity contribution in [3.8, 4) is 28.4 Å². The van der Waals surface area contributed by atoms with Gasteiger partial charge in [0.25, 0.3) is 0 Å². The number of hydrogen-bond acceptors (Lipinski definition) is 4. The number of benzene rings is 3. The molecule has 3 N–H and O–H groups in total. The molecular weight excluding hydrogens is 356 g/mol. The summed E-state index contributed by atoms with van der Waals surface area (Å²) in [5.41, 5.74) is 2.86. The highest BCUT2D eigenvalue weighted by molar-refractivity contribution is 7.99. The quantitative estimate of drug-likeness (QED) is 0.504. The topological polar surface area (TPSA) is 60.7 Å². The molecule has 0 aliphatic heterocycles. The van der Waals surface area contributed by atoms with E-state index in [1.165, 1.54) is 11.8 Å². The minimum atomic E-state index is -0.190. The van der Waals surface area contributed by atoms with Crippen molar-refractivity contribution >= 4 is 11.8 Å². The Labute approximate surface area is 164 Å². The van der Waals surface area contributed by atoms with Gasteiger partial charge >= 0.3 is 0 Å². The van der Waals surface area contributed by atoms with E-state index in [1.807, 2.05) is 31.2 Å². The summed E-state index contributed by atoms with van der Waals surface area (Å²) in [6, 6.07) is 16.1. The Bertz CT molecular complexity index is 987. The highest BCUT2D eigenvalue weighted by Gasteiger charge is 2.22. The van der Waals surface area contributed by atoms with Crippen molar-refractivity contribution in [1.29, 1.82) is 0 Å². The van der Waals surface area contributed by atoms with E-state index in [-0.39, 0.29) is 22.7 Å². The van der Waals surface area contributed by atoms with Gasteiger partial charge in [-0.2, -0.15) is 0 Å². The second-order valence-electron chi connectivity index (χ2n) is 7.68. The van der Waals surface area contributed by atoms with Gasteiger partial charge in [0, 0.05) is 21.6 Å². The number of rotatable bonds is 3. The van der Waals surface area contributed by atoms with Gasteiger partial charge in [-0.25, -0.2) is 0 Å². The third kappa shape index (κ3) is 3.91. The molecule has 0 atom stereocenters. The van der Waals surface area contributed by atoms with Crippen LogP contribution < -0.4 is 0 Å². The van der Waals surface area contributed by atoms with Crippen LogP contribution in [0.1, 0.15) is 31.9 Å². The van der Waals surface area contributed by atoms with Crippen molar-refractivity contribution in [2.45, 2.75) is 42.9 Å². The molecule has 0 aliphatic rings. The molecule has 0 saturated carbocycles. The first kappa shape index (κ1) is 19.2. The molecular formula is C23H24O3S. The van der Waals surface area contributed by atoms with Crippen LogP contribution in [0.4, 0.5) is 0 Å². The van der Waals surface area contributed by atoms with E-state index >= 15 is 0 Å². The number of aromatic hydroxyl groups is 3. The van der Waals surface area contributed by atoms with Crippen LogP contribution in [0.15, 0.2) is 64.4 Å². The second-order valence-corrected chi connectivity index (χ2v) is 8.76. The number of hydrogen-bond donors (Lipinski definition) is 3. The Morgan fingerprint density at radius 3 is 2.11 bits per heavy atom. The smallest absolute Gasteiger partial charge is 0.133 e. The molecule has 0 radical (unpaired) electrons. The van der Waals surface area contributed by atoms with E-state index < -0.39 is 0 Å². The van der Waals surface area contributed by atoms with Crippen molar-refractivity contribution < 1.29 is 15.3 Å². The molecule has 4 heteroatoms. The fraction of sp³-hybridized carbons (Fsp3) is 0.217. The molecule has 0 fully saturated rings. The first-order valence-corrected chi connectivity index (χ1v) is 9.62. The maximum atomic E-state index is 10.9. The molecule has 3 rings (SSSR count). The summed E-state index contributed by atoms with van der Waals surface area (Å²) in [4.78, 5) is 1.49. The van der Waals surface area contributed by atoms with Crippen LogP contribution in [0.3, 0.4) is 0 Å². The zero-order valence-electron chi connectivity index (χ0n) is 15.9. The molecule has 3 nitrogen and oxygen atoms in total. The molecule has 0 saturated heterocycles. The first-order chi connectivity index (χ1) is 12.7. The molecule has 3 aromatic rings. The van der Waals surface area contributed by atoms with Crippen LogP contribution >= 0.6 is 11.8 Å². The minimum Gasteiger partial charge on any atom is -0.507 e. The van der Waals surface area contributed by atoms with Gasteiger partial charge in [-0.05, 0) is 42.2 Å². The fourth-order valence-electron chi connectivity index (χ4n) is 3.07. The van der Waals surface area contributed by atoms with Gasteiger partial charge in [0.05, 0.1) is 4.90 Å². The van der Waals surface area contributed by atoms with E-state index in [0.717, 1.165) is 20.9 Å². The average Bonchev–Trinajstić information content (AvgIpc) is 2.58. The van der Waals surface area contributed by atoms with Crippen LogP contribution in [-0.2, 0) is 5.41 Å². The second kappa shape index (κ2) is 7.20. The Kier molecular flexibility index (Phi) is 5.11. The predicted molar refractivity (Wildman–Crippen MR) is 111 cm³/mol. The van der Waals surface area contributed by atoms with Gasteiger partial charge in [0.2, 0.25) is 0 Å². The summed E-state index contributed by atoms with van der Waals surface area (Å²) in [6.45, 7) is 8.21. The molecule has 0 aromatic heterocycles. The van der Waals surface area contributed by atoms with Gasteiger partial charge in [-0.3, -0.25) is 0 Å². The van der Waals surface area contributed by atoms with E-state index in [1.54, 1.807) is 30.3 Å². The maximum absolute atomic E-state index is 10.9. The Morgan fingerprint density at radius 1 is 0.778 bits per heavy atom. The van der Waals surface area contributed by atoms with Crippen molar-refractivity contribution in [1.82, 2.24) is 0 Å². The van der Waals surface area contributed by atoms with Gasteiger partial charge in [-0.1, -0.05) is 62.9 Å². The van der Waals surface area contributed by atoms with Crippen molar-refractivity contribution in [3.05, 3.63) is 65.7 Å². The van der Waals surface area contributed by atoms with Gasteiger partial charge < -0.3 is 15.3 Å². The zero-order valence-corrected chi connectivity index (χ0v) is 16.8. The van der Waals surface area contributed by atoms with Crippen LogP contribution in [0.25, 0.3) is 11.1 Å². The molecule has 0 aliphatic carbocycles. The molecule has 0 unspecified atom stereocenters. The summed E-state index contributed by atoms with van der Waals surface area (Å²) < 4.78 is 0. The highest BCUT2D eigenvalue weighted by atomic mass is 32.2. The number of phenolic OH excluding ortho intramolecular Hbond substituents is 3. The summed E-state index contributed by atoms with van der Waals surface area (Å²) >= 11 is 1.38. The lowest BCUT2D eigenvalue weighted by Gasteiger charge is -2.23. The largest absolute Gasteiger partial charge is 0.507 e. The number of phenols is 3. The SMILES string of the molecule is Cc1cc(Sc2cccc(O)c2-c2ccccc2O)c(O)c(C(C)(C)C)c1. The highest BCUT2D eigenvalue weighted by Crippen LogP contribution is 2.47. The average molecular weight is 381 g/mol. The standard InChI is InChI=1S/C23H24O3S/c1-14-12-16(23(2,3)4)22(26)20(13-14)27-19-11-7-10-18(25)21(19)15-8-5-6-9-17(15)24/h5-13,24-26H,1-4H3. The Balaban J connectivity index is 2.15. The van der Waals surface area contributed by atoms with Crippen LogP contribution in [0.5, 0.6) is 17.2 Å². The summed E-state index contributed by atoms with van der Waals surface area (Å²) in [6.07, 6.45) is 0. The summed E-state index contributed by atoms with van der Waals surface area (Å²) in [5.74, 6) is 0.444. The third-order valence-electron chi connectivity index (χ3n) is 4.42.